The third kappa shape index (κ3) is 1.68. The highest BCUT2D eigenvalue weighted by Gasteiger charge is 2.33. The molecule has 0 aromatic carbocycles. The zero-order chi connectivity index (χ0) is 8.43. The third-order valence-electron chi connectivity index (χ3n) is 1.58. The maximum atomic E-state index is 10.9. The van der Waals surface area contributed by atoms with Gasteiger partial charge in [-0.3, -0.25) is 4.79 Å². The molecule has 0 aromatic rings. The second-order valence-electron chi connectivity index (χ2n) is 2.41. The SMILES string of the molecule is CC1OCC(=O)C1NC(=O)O. The molecule has 0 radical (unpaired) electrons. The topological polar surface area (TPSA) is 75.6 Å². The Hall–Kier alpha value is -1.10. The van der Waals surface area contributed by atoms with Crippen molar-refractivity contribution in [3.63, 3.8) is 0 Å². The van der Waals surface area contributed by atoms with Gasteiger partial charge in [0.1, 0.15) is 12.6 Å². The molecule has 1 rings (SSSR count). The van der Waals surface area contributed by atoms with Crippen LogP contribution in [0.3, 0.4) is 0 Å². The maximum absolute atomic E-state index is 10.9. The summed E-state index contributed by atoms with van der Waals surface area (Å²) in [5, 5.41) is 10.4. The van der Waals surface area contributed by atoms with Crippen LogP contribution < -0.4 is 5.32 Å². The molecule has 1 heterocycles. The summed E-state index contributed by atoms with van der Waals surface area (Å²) in [7, 11) is 0. The quantitative estimate of drug-likeness (QED) is 0.546. The Labute approximate surface area is 63.3 Å². The Balaban J connectivity index is 2.54. The first kappa shape index (κ1) is 8.00. The van der Waals surface area contributed by atoms with Gasteiger partial charge in [-0.15, -0.1) is 0 Å². The molecule has 11 heavy (non-hydrogen) atoms. The zero-order valence-corrected chi connectivity index (χ0v) is 6.03. The minimum absolute atomic E-state index is 0.00606. The largest absolute Gasteiger partial charge is 0.465 e. The highest BCUT2D eigenvalue weighted by Crippen LogP contribution is 2.08. The van der Waals surface area contributed by atoms with Gasteiger partial charge < -0.3 is 15.2 Å². The molecule has 1 saturated heterocycles. The summed E-state index contributed by atoms with van der Waals surface area (Å²) in [6.45, 7) is 1.66. The lowest BCUT2D eigenvalue weighted by atomic mass is 10.1. The van der Waals surface area contributed by atoms with Gasteiger partial charge in [0.15, 0.2) is 5.78 Å². The molecule has 0 bridgehead atoms. The van der Waals surface area contributed by atoms with Gasteiger partial charge >= 0.3 is 6.09 Å². The normalized spacial score (nSPS) is 30.5. The van der Waals surface area contributed by atoms with E-state index in [9.17, 15) is 9.59 Å². The van der Waals surface area contributed by atoms with Crippen LogP contribution in [0.1, 0.15) is 6.92 Å². The summed E-state index contributed by atoms with van der Waals surface area (Å²) in [6.07, 6.45) is -1.54. The van der Waals surface area contributed by atoms with Gasteiger partial charge in [0.2, 0.25) is 0 Å². The van der Waals surface area contributed by atoms with Crippen LogP contribution in [0.25, 0.3) is 0 Å². The molecule has 1 amide bonds. The Morgan fingerprint density at radius 3 is 2.82 bits per heavy atom. The van der Waals surface area contributed by atoms with E-state index in [4.69, 9.17) is 9.84 Å². The smallest absolute Gasteiger partial charge is 0.405 e. The van der Waals surface area contributed by atoms with Crippen LogP contribution >= 0.6 is 0 Å². The van der Waals surface area contributed by atoms with Crippen molar-refractivity contribution in [2.24, 2.45) is 0 Å². The van der Waals surface area contributed by atoms with E-state index in [2.05, 4.69) is 5.32 Å². The zero-order valence-electron chi connectivity index (χ0n) is 6.03. The van der Waals surface area contributed by atoms with Gasteiger partial charge in [0, 0.05) is 0 Å². The Kier molecular flexibility index (Phi) is 2.09. The molecule has 62 valence electrons. The van der Waals surface area contributed by atoms with Gasteiger partial charge in [0.05, 0.1) is 6.10 Å². The summed E-state index contributed by atoms with van der Waals surface area (Å²) < 4.78 is 4.90. The standard InChI is InChI=1S/C6H9NO4/c1-3-5(7-6(9)10)4(8)2-11-3/h3,5,7H,2H2,1H3,(H,9,10). The van der Waals surface area contributed by atoms with E-state index >= 15 is 0 Å². The summed E-state index contributed by atoms with van der Waals surface area (Å²) in [5.74, 6) is -0.208. The number of hydrogen-bond acceptors (Lipinski definition) is 3. The molecule has 0 aliphatic carbocycles. The molecule has 0 aromatic heterocycles. The van der Waals surface area contributed by atoms with Gasteiger partial charge in [0.25, 0.3) is 0 Å². The number of carboxylic acid groups (broad SMARTS) is 1. The van der Waals surface area contributed by atoms with Gasteiger partial charge in [-0.2, -0.15) is 0 Å². The Bertz CT molecular complexity index is 191. The predicted molar refractivity (Wildman–Crippen MR) is 35.4 cm³/mol. The maximum Gasteiger partial charge on any atom is 0.405 e. The average Bonchev–Trinajstić information content (AvgIpc) is 2.18. The van der Waals surface area contributed by atoms with Gasteiger partial charge in [-0.25, -0.2) is 4.79 Å². The van der Waals surface area contributed by atoms with Crippen molar-refractivity contribution in [3.8, 4) is 0 Å². The van der Waals surface area contributed by atoms with E-state index in [1.165, 1.54) is 0 Å². The van der Waals surface area contributed by atoms with Crippen LogP contribution in [-0.2, 0) is 9.53 Å². The molecular formula is C6H9NO4. The number of hydrogen-bond donors (Lipinski definition) is 2. The van der Waals surface area contributed by atoms with E-state index < -0.39 is 12.1 Å². The number of nitrogens with one attached hydrogen (secondary N) is 1. The number of carbonyl (C=O) groups excluding carboxylic acids is 1. The monoisotopic (exact) mass is 159 g/mol. The molecule has 1 aliphatic heterocycles. The van der Waals surface area contributed by atoms with Gasteiger partial charge in [-0.1, -0.05) is 0 Å². The second-order valence-corrected chi connectivity index (χ2v) is 2.41. The molecule has 1 aliphatic rings. The number of Topliss-reactive ketones (excluding diaryl/α,β-unsaturated/α-hetero) is 1. The van der Waals surface area contributed by atoms with Crippen molar-refractivity contribution in [2.45, 2.75) is 19.1 Å². The molecule has 0 saturated carbocycles. The Morgan fingerprint density at radius 1 is 1.82 bits per heavy atom. The number of amides is 1. The predicted octanol–water partition coefficient (Wildman–Crippen LogP) is -0.390. The van der Waals surface area contributed by atoms with Crippen LogP contribution in [0, 0.1) is 0 Å². The molecule has 5 heteroatoms. The van der Waals surface area contributed by atoms with Crippen molar-refractivity contribution in [1.29, 1.82) is 0 Å². The van der Waals surface area contributed by atoms with Crippen molar-refractivity contribution >= 4 is 11.9 Å². The number of rotatable bonds is 1. The van der Waals surface area contributed by atoms with Crippen molar-refractivity contribution in [3.05, 3.63) is 0 Å². The van der Waals surface area contributed by atoms with Crippen molar-refractivity contribution < 1.29 is 19.4 Å². The fourth-order valence-corrected chi connectivity index (χ4v) is 0.992. The van der Waals surface area contributed by atoms with Crippen molar-refractivity contribution in [2.75, 3.05) is 6.61 Å². The minimum atomic E-state index is -1.19. The van der Waals surface area contributed by atoms with E-state index in [1.54, 1.807) is 6.92 Å². The van der Waals surface area contributed by atoms with Crippen LogP contribution in [0.2, 0.25) is 0 Å². The van der Waals surface area contributed by atoms with Gasteiger partial charge in [-0.05, 0) is 6.92 Å². The lowest BCUT2D eigenvalue weighted by molar-refractivity contribution is -0.119. The molecular weight excluding hydrogens is 150 g/mol. The fourth-order valence-electron chi connectivity index (χ4n) is 0.992. The number of ketones is 1. The third-order valence-corrected chi connectivity index (χ3v) is 1.58. The van der Waals surface area contributed by atoms with Crippen LogP contribution in [0.15, 0.2) is 0 Å². The average molecular weight is 159 g/mol. The van der Waals surface area contributed by atoms with Crippen molar-refractivity contribution in [1.82, 2.24) is 5.32 Å². The number of ether oxygens (including phenoxy) is 1. The molecule has 5 nitrogen and oxygen atoms in total. The first-order valence-corrected chi connectivity index (χ1v) is 3.25. The lowest BCUT2D eigenvalue weighted by Crippen LogP contribution is -2.42. The van der Waals surface area contributed by atoms with E-state index in [0.29, 0.717) is 0 Å². The molecule has 2 unspecified atom stereocenters. The summed E-state index contributed by atoms with van der Waals surface area (Å²) in [5.41, 5.74) is 0. The Morgan fingerprint density at radius 2 is 2.45 bits per heavy atom. The highest BCUT2D eigenvalue weighted by atomic mass is 16.5. The van der Waals surface area contributed by atoms with Crippen LogP contribution in [-0.4, -0.2) is 35.7 Å². The van der Waals surface area contributed by atoms with Crippen LogP contribution in [0.5, 0.6) is 0 Å². The summed E-state index contributed by atoms with van der Waals surface area (Å²) >= 11 is 0. The van der Waals surface area contributed by atoms with E-state index in [1.807, 2.05) is 0 Å². The summed E-state index contributed by atoms with van der Waals surface area (Å²) in [4.78, 5) is 21.0. The first-order valence-electron chi connectivity index (χ1n) is 3.25. The van der Waals surface area contributed by atoms with E-state index in [-0.39, 0.29) is 18.5 Å². The molecule has 0 spiro atoms. The molecule has 1 fully saturated rings. The first-order chi connectivity index (χ1) is 5.11. The van der Waals surface area contributed by atoms with E-state index in [0.717, 1.165) is 0 Å². The van der Waals surface area contributed by atoms with Crippen LogP contribution in [0.4, 0.5) is 4.79 Å². The molecule has 2 N–H and O–H groups in total. The second kappa shape index (κ2) is 2.87. The summed E-state index contributed by atoms with van der Waals surface area (Å²) in [6, 6.07) is -0.688. The highest BCUT2D eigenvalue weighted by molar-refractivity contribution is 5.90. The molecule has 2 atom stereocenters. The lowest BCUT2D eigenvalue weighted by Gasteiger charge is -2.10. The number of carbonyl (C=O) groups is 2. The minimum Gasteiger partial charge on any atom is -0.465 e. The fraction of sp³-hybridized carbons (Fsp3) is 0.667.